The zero-order valence-corrected chi connectivity index (χ0v) is 12.8. The first-order chi connectivity index (χ1) is 9.56. The number of hydrogen-bond acceptors (Lipinski definition) is 3. The van der Waals surface area contributed by atoms with Crippen LogP contribution in [0.1, 0.15) is 26.2 Å². The van der Waals surface area contributed by atoms with Crippen molar-refractivity contribution in [2.45, 2.75) is 32.3 Å². The van der Waals surface area contributed by atoms with Crippen molar-refractivity contribution >= 4 is 27.7 Å². The molecule has 2 rings (SSSR count). The third-order valence-electron chi connectivity index (χ3n) is 3.26. The van der Waals surface area contributed by atoms with Gasteiger partial charge in [-0.3, -0.25) is 20.4 Å². The number of ether oxygens (including phenoxy) is 1. The largest absolute Gasteiger partial charge is 0.481 e. The molecule has 0 spiro atoms. The number of rotatable bonds is 4. The molecule has 0 aliphatic heterocycles. The second-order valence-electron chi connectivity index (χ2n) is 4.82. The minimum atomic E-state index is -0.689. The lowest BCUT2D eigenvalue weighted by molar-refractivity contribution is -0.135. The molecule has 1 aliphatic carbocycles. The van der Waals surface area contributed by atoms with Crippen LogP contribution in [-0.2, 0) is 9.59 Å². The van der Waals surface area contributed by atoms with Gasteiger partial charge in [-0.1, -0.05) is 28.4 Å². The second-order valence-corrected chi connectivity index (χ2v) is 5.74. The van der Waals surface area contributed by atoms with E-state index in [2.05, 4.69) is 26.8 Å². The van der Waals surface area contributed by atoms with Gasteiger partial charge in [0.1, 0.15) is 5.75 Å². The van der Waals surface area contributed by atoms with E-state index in [4.69, 9.17) is 4.74 Å². The fourth-order valence-corrected chi connectivity index (χ4v) is 2.17. The molecule has 0 saturated heterocycles. The minimum absolute atomic E-state index is 0.0385. The fraction of sp³-hybridized carbons (Fsp3) is 0.429. The van der Waals surface area contributed by atoms with Gasteiger partial charge in [0.25, 0.3) is 5.91 Å². The highest BCUT2D eigenvalue weighted by molar-refractivity contribution is 9.10. The lowest BCUT2D eigenvalue weighted by Crippen LogP contribution is -2.49. The van der Waals surface area contributed by atoms with Crippen LogP contribution < -0.4 is 15.6 Å². The summed E-state index contributed by atoms with van der Waals surface area (Å²) in [4.78, 5) is 23.4. The summed E-state index contributed by atoms with van der Waals surface area (Å²) in [6.45, 7) is 1.63. The van der Waals surface area contributed by atoms with Crippen LogP contribution in [0.5, 0.6) is 5.75 Å². The number of nitrogens with one attached hydrogen (secondary N) is 2. The van der Waals surface area contributed by atoms with Crippen molar-refractivity contribution in [1.82, 2.24) is 10.9 Å². The first-order valence-corrected chi connectivity index (χ1v) is 7.37. The smallest absolute Gasteiger partial charge is 0.279 e. The molecule has 1 saturated carbocycles. The average molecular weight is 341 g/mol. The summed E-state index contributed by atoms with van der Waals surface area (Å²) in [5, 5.41) is 0. The Morgan fingerprint density at radius 1 is 1.35 bits per heavy atom. The van der Waals surface area contributed by atoms with Gasteiger partial charge in [-0.15, -0.1) is 0 Å². The van der Waals surface area contributed by atoms with Gasteiger partial charge in [0, 0.05) is 10.4 Å². The van der Waals surface area contributed by atoms with Crippen molar-refractivity contribution in [3.05, 3.63) is 28.7 Å². The highest BCUT2D eigenvalue weighted by Crippen LogP contribution is 2.25. The Kier molecular flexibility index (Phi) is 5.00. The van der Waals surface area contributed by atoms with Gasteiger partial charge in [-0.05, 0) is 38.0 Å². The molecule has 1 aromatic carbocycles. The number of hydrogen-bond donors (Lipinski definition) is 2. The van der Waals surface area contributed by atoms with E-state index < -0.39 is 6.10 Å². The number of carbonyl (C=O) groups is 2. The molecular formula is C14H17BrN2O3. The topological polar surface area (TPSA) is 67.4 Å². The van der Waals surface area contributed by atoms with E-state index in [0.717, 1.165) is 23.7 Å². The van der Waals surface area contributed by atoms with Gasteiger partial charge < -0.3 is 4.74 Å². The minimum Gasteiger partial charge on any atom is -0.481 e. The summed E-state index contributed by atoms with van der Waals surface area (Å²) in [5.74, 6) is 0.126. The summed E-state index contributed by atoms with van der Waals surface area (Å²) < 4.78 is 6.37. The SMILES string of the molecule is C[C@@H](Oc1cccc(Br)c1)C(=O)NNC(=O)C1CCC1. The molecule has 1 atom stereocenters. The molecule has 2 N–H and O–H groups in total. The molecule has 108 valence electrons. The molecule has 2 amide bonds. The number of benzene rings is 1. The Hall–Kier alpha value is -1.56. The summed E-state index contributed by atoms with van der Waals surface area (Å²) in [6.07, 6.45) is 2.18. The number of carbonyl (C=O) groups excluding carboxylic acids is 2. The van der Waals surface area contributed by atoms with Gasteiger partial charge in [0.15, 0.2) is 6.10 Å². The van der Waals surface area contributed by atoms with Crippen LogP contribution in [0, 0.1) is 5.92 Å². The second kappa shape index (κ2) is 6.74. The molecule has 0 heterocycles. The van der Waals surface area contributed by atoms with Crippen molar-refractivity contribution < 1.29 is 14.3 Å². The van der Waals surface area contributed by atoms with E-state index in [1.165, 1.54) is 0 Å². The van der Waals surface area contributed by atoms with E-state index in [0.29, 0.717) is 5.75 Å². The Labute approximate surface area is 126 Å². The fourth-order valence-electron chi connectivity index (χ4n) is 1.80. The van der Waals surface area contributed by atoms with Crippen LogP contribution in [0.3, 0.4) is 0 Å². The van der Waals surface area contributed by atoms with Crippen molar-refractivity contribution in [1.29, 1.82) is 0 Å². The van der Waals surface area contributed by atoms with Gasteiger partial charge >= 0.3 is 0 Å². The molecule has 20 heavy (non-hydrogen) atoms. The van der Waals surface area contributed by atoms with Crippen LogP contribution in [0.15, 0.2) is 28.7 Å². The maximum atomic E-state index is 11.8. The molecule has 6 heteroatoms. The van der Waals surface area contributed by atoms with Crippen molar-refractivity contribution in [2.24, 2.45) is 5.92 Å². The van der Waals surface area contributed by atoms with E-state index in [9.17, 15) is 9.59 Å². The van der Waals surface area contributed by atoms with Crippen LogP contribution in [0.4, 0.5) is 0 Å². The summed E-state index contributed by atoms with van der Waals surface area (Å²) in [6, 6.07) is 7.23. The van der Waals surface area contributed by atoms with Crippen LogP contribution in [-0.4, -0.2) is 17.9 Å². The standard InChI is InChI=1S/C14H17BrN2O3/c1-9(20-12-7-3-6-11(15)8-12)13(18)16-17-14(19)10-4-2-5-10/h3,6-10H,2,4-5H2,1H3,(H,16,18)(H,17,19)/t9-/m1/s1. The van der Waals surface area contributed by atoms with Gasteiger partial charge in [-0.2, -0.15) is 0 Å². The van der Waals surface area contributed by atoms with E-state index in [-0.39, 0.29) is 17.7 Å². The van der Waals surface area contributed by atoms with E-state index >= 15 is 0 Å². The molecule has 0 radical (unpaired) electrons. The summed E-state index contributed by atoms with van der Waals surface area (Å²) in [7, 11) is 0. The van der Waals surface area contributed by atoms with Gasteiger partial charge in [0.05, 0.1) is 0 Å². The normalized spacial score (nSPS) is 15.9. The Morgan fingerprint density at radius 3 is 2.70 bits per heavy atom. The summed E-state index contributed by atoms with van der Waals surface area (Å²) in [5.41, 5.74) is 4.83. The molecule has 0 bridgehead atoms. The monoisotopic (exact) mass is 340 g/mol. The maximum absolute atomic E-state index is 11.8. The Bertz CT molecular complexity index is 503. The lowest BCUT2D eigenvalue weighted by Gasteiger charge is -2.24. The van der Waals surface area contributed by atoms with Crippen molar-refractivity contribution in [3.8, 4) is 5.75 Å². The summed E-state index contributed by atoms with van der Waals surface area (Å²) >= 11 is 3.33. The molecule has 1 fully saturated rings. The lowest BCUT2D eigenvalue weighted by atomic mass is 9.85. The third-order valence-corrected chi connectivity index (χ3v) is 3.76. The van der Waals surface area contributed by atoms with Crippen LogP contribution in [0.2, 0.25) is 0 Å². The number of hydrazine groups is 1. The van der Waals surface area contributed by atoms with Gasteiger partial charge in [0.2, 0.25) is 5.91 Å². The molecule has 1 aliphatic rings. The Balaban J connectivity index is 1.78. The number of halogens is 1. The quantitative estimate of drug-likeness (QED) is 0.825. The zero-order chi connectivity index (χ0) is 14.5. The third kappa shape index (κ3) is 3.96. The van der Waals surface area contributed by atoms with Crippen molar-refractivity contribution in [3.63, 3.8) is 0 Å². The Morgan fingerprint density at radius 2 is 2.10 bits per heavy atom. The van der Waals surface area contributed by atoms with Crippen molar-refractivity contribution in [2.75, 3.05) is 0 Å². The van der Waals surface area contributed by atoms with Gasteiger partial charge in [-0.25, -0.2) is 0 Å². The maximum Gasteiger partial charge on any atom is 0.279 e. The van der Waals surface area contributed by atoms with Crippen LogP contribution in [0.25, 0.3) is 0 Å². The van der Waals surface area contributed by atoms with E-state index in [1.54, 1.807) is 19.1 Å². The highest BCUT2D eigenvalue weighted by atomic mass is 79.9. The zero-order valence-electron chi connectivity index (χ0n) is 11.2. The highest BCUT2D eigenvalue weighted by Gasteiger charge is 2.26. The molecule has 0 aromatic heterocycles. The van der Waals surface area contributed by atoms with E-state index in [1.807, 2.05) is 12.1 Å². The first kappa shape index (κ1) is 14.8. The molecule has 1 aromatic rings. The average Bonchev–Trinajstić information content (AvgIpc) is 2.33. The number of amides is 2. The predicted octanol–water partition coefficient (Wildman–Crippen LogP) is 2.16. The predicted molar refractivity (Wildman–Crippen MR) is 77.9 cm³/mol. The van der Waals surface area contributed by atoms with Crippen LogP contribution >= 0.6 is 15.9 Å². The molecule has 5 nitrogen and oxygen atoms in total. The first-order valence-electron chi connectivity index (χ1n) is 6.58. The molecule has 0 unspecified atom stereocenters. The molecular weight excluding hydrogens is 324 g/mol.